The van der Waals surface area contributed by atoms with E-state index in [9.17, 15) is 5.11 Å². The van der Waals surface area contributed by atoms with Crippen LogP contribution in [-0.4, -0.2) is 12.2 Å². The molecule has 0 aromatic heterocycles. The summed E-state index contributed by atoms with van der Waals surface area (Å²) < 4.78 is 5.17. The summed E-state index contributed by atoms with van der Waals surface area (Å²) >= 11 is 0. The molecule has 0 spiro atoms. The first-order valence-corrected chi connectivity index (χ1v) is 6.20. The average Bonchev–Trinajstić information content (AvgIpc) is 2.26. The van der Waals surface area contributed by atoms with Gasteiger partial charge < -0.3 is 9.84 Å². The second-order valence-corrected chi connectivity index (χ2v) is 5.80. The molecule has 1 aromatic rings. The zero-order valence-electron chi connectivity index (χ0n) is 11.6. The van der Waals surface area contributed by atoms with E-state index < -0.39 is 0 Å². The molecule has 0 radical (unpaired) electrons. The SMILES string of the molecule is COc1ccc(O)c(CCC(C)C(C)(C)C)c1. The van der Waals surface area contributed by atoms with Gasteiger partial charge in [-0.15, -0.1) is 0 Å². The lowest BCUT2D eigenvalue weighted by Crippen LogP contribution is -2.17. The van der Waals surface area contributed by atoms with Crippen LogP contribution in [0.1, 0.15) is 39.7 Å². The van der Waals surface area contributed by atoms with Crippen molar-refractivity contribution in [2.24, 2.45) is 11.3 Å². The second-order valence-electron chi connectivity index (χ2n) is 5.80. The summed E-state index contributed by atoms with van der Waals surface area (Å²) in [5.41, 5.74) is 1.29. The summed E-state index contributed by atoms with van der Waals surface area (Å²) in [6, 6.07) is 5.41. The highest BCUT2D eigenvalue weighted by Gasteiger charge is 2.20. The van der Waals surface area contributed by atoms with E-state index in [2.05, 4.69) is 27.7 Å². The van der Waals surface area contributed by atoms with Crippen molar-refractivity contribution in [3.05, 3.63) is 23.8 Å². The topological polar surface area (TPSA) is 29.5 Å². The van der Waals surface area contributed by atoms with Crippen LogP contribution in [0.2, 0.25) is 0 Å². The minimum atomic E-state index is 0.314. The largest absolute Gasteiger partial charge is 0.508 e. The van der Waals surface area contributed by atoms with E-state index in [4.69, 9.17) is 4.74 Å². The number of phenolic OH excluding ortho intramolecular Hbond substituents is 1. The molecule has 17 heavy (non-hydrogen) atoms. The minimum absolute atomic E-state index is 0.314. The van der Waals surface area contributed by atoms with Gasteiger partial charge in [0, 0.05) is 0 Å². The Labute approximate surface area is 105 Å². The van der Waals surface area contributed by atoms with Gasteiger partial charge in [-0.2, -0.15) is 0 Å². The zero-order chi connectivity index (χ0) is 13.1. The fourth-order valence-corrected chi connectivity index (χ4v) is 1.69. The van der Waals surface area contributed by atoms with Gasteiger partial charge in [-0.25, -0.2) is 0 Å². The van der Waals surface area contributed by atoms with Crippen molar-refractivity contribution in [1.29, 1.82) is 0 Å². The van der Waals surface area contributed by atoms with Gasteiger partial charge >= 0.3 is 0 Å². The minimum Gasteiger partial charge on any atom is -0.508 e. The van der Waals surface area contributed by atoms with Crippen molar-refractivity contribution in [3.63, 3.8) is 0 Å². The Morgan fingerprint density at radius 2 is 1.94 bits per heavy atom. The smallest absolute Gasteiger partial charge is 0.119 e. The van der Waals surface area contributed by atoms with E-state index in [1.54, 1.807) is 19.2 Å². The van der Waals surface area contributed by atoms with Crippen LogP contribution < -0.4 is 4.74 Å². The summed E-state index contributed by atoms with van der Waals surface area (Å²) in [6.07, 6.45) is 1.96. The number of methoxy groups -OCH3 is 1. The number of hydrogen-bond acceptors (Lipinski definition) is 2. The molecule has 0 fully saturated rings. The molecule has 1 N–H and O–H groups in total. The number of rotatable bonds is 4. The first kappa shape index (κ1) is 13.9. The molecule has 96 valence electrons. The summed E-state index contributed by atoms with van der Waals surface area (Å²) in [5, 5.41) is 9.79. The molecule has 0 saturated heterocycles. The van der Waals surface area contributed by atoms with Gasteiger partial charge in [-0.3, -0.25) is 0 Å². The van der Waals surface area contributed by atoms with Crippen LogP contribution in [0, 0.1) is 11.3 Å². The maximum absolute atomic E-state index is 9.79. The quantitative estimate of drug-likeness (QED) is 0.855. The van der Waals surface area contributed by atoms with Gasteiger partial charge in [-0.05, 0) is 47.9 Å². The molecule has 1 rings (SSSR count). The van der Waals surface area contributed by atoms with Crippen molar-refractivity contribution in [3.8, 4) is 11.5 Å². The van der Waals surface area contributed by atoms with E-state index in [1.807, 2.05) is 6.07 Å². The van der Waals surface area contributed by atoms with Crippen LogP contribution >= 0.6 is 0 Å². The third kappa shape index (κ3) is 3.95. The standard InChI is InChI=1S/C15H24O2/c1-11(15(2,3)4)6-7-12-10-13(17-5)8-9-14(12)16/h8-11,16H,6-7H2,1-5H3. The van der Waals surface area contributed by atoms with Crippen molar-refractivity contribution in [1.82, 2.24) is 0 Å². The molecule has 0 heterocycles. The van der Waals surface area contributed by atoms with Crippen LogP contribution in [0.5, 0.6) is 11.5 Å². The zero-order valence-corrected chi connectivity index (χ0v) is 11.6. The van der Waals surface area contributed by atoms with Gasteiger partial charge in [0.15, 0.2) is 0 Å². The fraction of sp³-hybridized carbons (Fsp3) is 0.600. The molecule has 0 bridgehead atoms. The Hall–Kier alpha value is -1.18. The molecule has 0 saturated carbocycles. The summed E-state index contributed by atoms with van der Waals surface area (Å²) in [7, 11) is 1.65. The Kier molecular flexibility index (Phi) is 4.44. The van der Waals surface area contributed by atoms with E-state index >= 15 is 0 Å². The van der Waals surface area contributed by atoms with Gasteiger partial charge in [0.1, 0.15) is 11.5 Å². The molecule has 1 atom stereocenters. The van der Waals surface area contributed by atoms with Crippen LogP contribution in [0.4, 0.5) is 0 Å². The van der Waals surface area contributed by atoms with Gasteiger partial charge in [0.25, 0.3) is 0 Å². The molecule has 2 heteroatoms. The van der Waals surface area contributed by atoms with Crippen molar-refractivity contribution in [2.45, 2.75) is 40.5 Å². The number of benzene rings is 1. The Balaban J connectivity index is 2.69. The van der Waals surface area contributed by atoms with Gasteiger partial charge in [-0.1, -0.05) is 27.7 Å². The van der Waals surface area contributed by atoms with Crippen molar-refractivity contribution < 1.29 is 9.84 Å². The van der Waals surface area contributed by atoms with Crippen molar-refractivity contribution in [2.75, 3.05) is 7.11 Å². The van der Waals surface area contributed by atoms with E-state index in [1.165, 1.54) is 0 Å². The Morgan fingerprint density at radius 3 is 2.47 bits per heavy atom. The fourth-order valence-electron chi connectivity index (χ4n) is 1.69. The van der Waals surface area contributed by atoms with Crippen molar-refractivity contribution >= 4 is 0 Å². The number of aromatic hydroxyl groups is 1. The first-order valence-electron chi connectivity index (χ1n) is 6.20. The van der Waals surface area contributed by atoms with E-state index in [0.717, 1.165) is 24.2 Å². The molecule has 1 unspecified atom stereocenters. The average molecular weight is 236 g/mol. The van der Waals surface area contributed by atoms with E-state index in [0.29, 0.717) is 17.1 Å². The summed E-state index contributed by atoms with van der Waals surface area (Å²) in [6.45, 7) is 9.02. The predicted octanol–water partition coefficient (Wildman–Crippen LogP) is 4.02. The lowest BCUT2D eigenvalue weighted by atomic mass is 9.79. The molecule has 0 aliphatic carbocycles. The predicted molar refractivity (Wildman–Crippen MR) is 71.6 cm³/mol. The third-order valence-corrected chi connectivity index (χ3v) is 3.61. The maximum Gasteiger partial charge on any atom is 0.119 e. The Bertz CT molecular complexity index is 364. The highest BCUT2D eigenvalue weighted by atomic mass is 16.5. The summed E-state index contributed by atoms with van der Waals surface area (Å²) in [4.78, 5) is 0. The van der Waals surface area contributed by atoms with Crippen LogP contribution in [0.3, 0.4) is 0 Å². The first-order chi connectivity index (χ1) is 7.84. The lowest BCUT2D eigenvalue weighted by Gasteiger charge is -2.27. The van der Waals surface area contributed by atoms with Gasteiger partial charge in [0.05, 0.1) is 7.11 Å². The molecule has 0 amide bonds. The lowest BCUT2D eigenvalue weighted by molar-refractivity contribution is 0.246. The monoisotopic (exact) mass is 236 g/mol. The Morgan fingerprint density at radius 1 is 1.29 bits per heavy atom. The van der Waals surface area contributed by atoms with E-state index in [-0.39, 0.29) is 0 Å². The maximum atomic E-state index is 9.79. The number of phenols is 1. The second kappa shape index (κ2) is 5.44. The summed E-state index contributed by atoms with van der Waals surface area (Å²) in [5.74, 6) is 1.79. The molecule has 0 aliphatic rings. The van der Waals surface area contributed by atoms with Gasteiger partial charge in [0.2, 0.25) is 0 Å². The highest BCUT2D eigenvalue weighted by molar-refractivity contribution is 5.39. The third-order valence-electron chi connectivity index (χ3n) is 3.61. The highest BCUT2D eigenvalue weighted by Crippen LogP contribution is 2.31. The molecule has 2 nitrogen and oxygen atoms in total. The molecular formula is C15H24O2. The normalized spacial score (nSPS) is 13.5. The number of aryl methyl sites for hydroxylation is 1. The van der Waals surface area contributed by atoms with Crippen LogP contribution in [0.15, 0.2) is 18.2 Å². The van der Waals surface area contributed by atoms with Crippen LogP contribution in [-0.2, 0) is 6.42 Å². The molecule has 0 aliphatic heterocycles. The van der Waals surface area contributed by atoms with Crippen LogP contribution in [0.25, 0.3) is 0 Å². The molecule has 1 aromatic carbocycles. The molecular weight excluding hydrogens is 212 g/mol. The number of hydrogen-bond donors (Lipinski definition) is 1. The number of ether oxygens (including phenoxy) is 1.